The van der Waals surface area contributed by atoms with E-state index in [0.717, 1.165) is 0 Å². The Morgan fingerprint density at radius 3 is 2.48 bits per heavy atom. The molecular formula is C22H16Cl2FN3O3. The molecule has 0 radical (unpaired) electrons. The lowest BCUT2D eigenvalue weighted by Gasteiger charge is -2.09. The first-order valence-corrected chi connectivity index (χ1v) is 9.74. The lowest BCUT2D eigenvalue weighted by Crippen LogP contribution is -2.32. The third-order valence-electron chi connectivity index (χ3n) is 4.01. The standard InChI is InChI=1S/C22H16Cl2FN3O3/c23-17-8-4-9-19(25)16(17)13-31-15-6-3-5-14(11-15)12-26-28-22(30)21(29)27-20-10-2-1-7-18(20)24/h1-12H,13H2,(H,27,29)(H,28,30)/b26-12+. The molecule has 6 nitrogen and oxygen atoms in total. The number of amides is 2. The first-order valence-electron chi connectivity index (χ1n) is 8.98. The Hall–Kier alpha value is -3.42. The van der Waals surface area contributed by atoms with Crippen molar-refractivity contribution in [2.75, 3.05) is 5.32 Å². The molecule has 31 heavy (non-hydrogen) atoms. The molecule has 0 spiro atoms. The lowest BCUT2D eigenvalue weighted by atomic mass is 10.2. The number of para-hydroxylation sites is 1. The molecule has 3 aromatic carbocycles. The van der Waals surface area contributed by atoms with Gasteiger partial charge in [0.25, 0.3) is 0 Å². The summed E-state index contributed by atoms with van der Waals surface area (Å²) in [7, 11) is 0. The molecule has 0 saturated heterocycles. The summed E-state index contributed by atoms with van der Waals surface area (Å²) in [6.45, 7) is -0.0505. The molecule has 9 heteroatoms. The highest BCUT2D eigenvalue weighted by atomic mass is 35.5. The van der Waals surface area contributed by atoms with E-state index in [1.54, 1.807) is 54.6 Å². The van der Waals surface area contributed by atoms with Gasteiger partial charge in [0.2, 0.25) is 0 Å². The molecule has 0 fully saturated rings. The van der Waals surface area contributed by atoms with Crippen LogP contribution in [0.2, 0.25) is 10.0 Å². The molecule has 0 unspecified atom stereocenters. The lowest BCUT2D eigenvalue weighted by molar-refractivity contribution is -0.136. The zero-order chi connectivity index (χ0) is 22.2. The van der Waals surface area contributed by atoms with Crippen molar-refractivity contribution in [3.8, 4) is 5.75 Å². The Morgan fingerprint density at radius 1 is 0.968 bits per heavy atom. The van der Waals surface area contributed by atoms with Gasteiger partial charge in [0.05, 0.1) is 21.9 Å². The van der Waals surface area contributed by atoms with E-state index in [9.17, 15) is 14.0 Å². The van der Waals surface area contributed by atoms with Crippen LogP contribution in [0.4, 0.5) is 10.1 Å². The number of benzene rings is 3. The number of nitrogens with one attached hydrogen (secondary N) is 2. The predicted molar refractivity (Wildman–Crippen MR) is 118 cm³/mol. The van der Waals surface area contributed by atoms with E-state index in [-0.39, 0.29) is 17.2 Å². The molecule has 0 aromatic heterocycles. The first-order chi connectivity index (χ1) is 14.9. The third kappa shape index (κ3) is 6.28. The van der Waals surface area contributed by atoms with Crippen molar-refractivity contribution in [2.24, 2.45) is 5.10 Å². The highest BCUT2D eigenvalue weighted by molar-refractivity contribution is 6.41. The second-order valence-electron chi connectivity index (χ2n) is 6.19. The van der Waals surface area contributed by atoms with Gasteiger partial charge in [-0.1, -0.05) is 53.5 Å². The normalized spacial score (nSPS) is 10.7. The van der Waals surface area contributed by atoms with Gasteiger partial charge >= 0.3 is 11.8 Å². The number of ether oxygens (including phenoxy) is 1. The van der Waals surface area contributed by atoms with Gasteiger partial charge in [-0.25, -0.2) is 9.82 Å². The summed E-state index contributed by atoms with van der Waals surface area (Å²) >= 11 is 11.9. The average Bonchev–Trinajstić information content (AvgIpc) is 2.75. The van der Waals surface area contributed by atoms with Crippen LogP contribution in [-0.4, -0.2) is 18.0 Å². The summed E-state index contributed by atoms with van der Waals surface area (Å²) < 4.78 is 19.4. The maximum absolute atomic E-state index is 13.8. The Labute approximate surface area is 187 Å². The minimum absolute atomic E-state index is 0.0505. The molecule has 3 aromatic rings. The molecule has 2 amide bonds. The molecule has 0 aliphatic carbocycles. The fraction of sp³-hybridized carbons (Fsp3) is 0.0455. The first kappa shape index (κ1) is 22.3. The van der Waals surface area contributed by atoms with Crippen LogP contribution in [0, 0.1) is 5.82 Å². The second-order valence-corrected chi connectivity index (χ2v) is 7.01. The number of halogens is 3. The average molecular weight is 460 g/mol. The molecule has 2 N–H and O–H groups in total. The van der Waals surface area contributed by atoms with Crippen LogP contribution < -0.4 is 15.5 Å². The van der Waals surface area contributed by atoms with Crippen molar-refractivity contribution in [3.05, 3.63) is 93.7 Å². The summed E-state index contributed by atoms with van der Waals surface area (Å²) in [5.74, 6) is -1.88. The molecule has 0 saturated carbocycles. The number of nitrogens with zero attached hydrogens (tertiary/aromatic N) is 1. The molecule has 0 bridgehead atoms. The number of hydrogen-bond donors (Lipinski definition) is 2. The molecule has 0 aliphatic rings. The minimum atomic E-state index is -0.960. The van der Waals surface area contributed by atoms with Crippen molar-refractivity contribution < 1.29 is 18.7 Å². The van der Waals surface area contributed by atoms with E-state index in [1.807, 2.05) is 0 Å². The monoisotopic (exact) mass is 459 g/mol. The highest BCUT2D eigenvalue weighted by Crippen LogP contribution is 2.22. The largest absolute Gasteiger partial charge is 0.489 e. The van der Waals surface area contributed by atoms with Crippen LogP contribution >= 0.6 is 23.2 Å². The van der Waals surface area contributed by atoms with Crippen LogP contribution in [0.3, 0.4) is 0 Å². The molecule has 0 heterocycles. The predicted octanol–water partition coefficient (Wildman–Crippen LogP) is 4.80. The fourth-order valence-corrected chi connectivity index (χ4v) is 2.87. The van der Waals surface area contributed by atoms with Crippen molar-refractivity contribution in [1.29, 1.82) is 0 Å². The Morgan fingerprint density at radius 2 is 1.71 bits per heavy atom. The maximum atomic E-state index is 13.8. The Kier molecular flexibility index (Phi) is 7.59. The van der Waals surface area contributed by atoms with Crippen molar-refractivity contribution in [3.63, 3.8) is 0 Å². The third-order valence-corrected chi connectivity index (χ3v) is 4.69. The smallest absolute Gasteiger partial charge is 0.329 e. The van der Waals surface area contributed by atoms with Gasteiger partial charge in [-0.3, -0.25) is 9.59 Å². The van der Waals surface area contributed by atoms with Crippen LogP contribution in [-0.2, 0) is 16.2 Å². The van der Waals surface area contributed by atoms with E-state index in [4.69, 9.17) is 27.9 Å². The van der Waals surface area contributed by atoms with Gasteiger partial charge in [-0.15, -0.1) is 0 Å². The summed E-state index contributed by atoms with van der Waals surface area (Å²) in [5, 5.41) is 6.73. The number of hydrazone groups is 1. The molecule has 3 rings (SSSR count). The maximum Gasteiger partial charge on any atom is 0.329 e. The van der Waals surface area contributed by atoms with E-state index in [0.29, 0.717) is 22.0 Å². The summed E-state index contributed by atoms with van der Waals surface area (Å²) in [5.41, 5.74) is 3.28. The molecule has 0 atom stereocenters. The minimum Gasteiger partial charge on any atom is -0.489 e. The second kappa shape index (κ2) is 10.6. The van der Waals surface area contributed by atoms with E-state index in [2.05, 4.69) is 15.8 Å². The number of carbonyl (C=O) groups excluding carboxylic acids is 2. The van der Waals surface area contributed by atoms with Crippen LogP contribution in [0.1, 0.15) is 11.1 Å². The summed E-state index contributed by atoms with van der Waals surface area (Å²) in [6, 6.07) is 17.7. The Bertz CT molecular complexity index is 1120. The number of hydrogen-bond acceptors (Lipinski definition) is 4. The highest BCUT2D eigenvalue weighted by Gasteiger charge is 2.14. The van der Waals surface area contributed by atoms with Crippen LogP contribution in [0.5, 0.6) is 5.75 Å². The number of carbonyl (C=O) groups is 2. The summed E-state index contributed by atoms with van der Waals surface area (Å²) in [6.07, 6.45) is 1.34. The van der Waals surface area contributed by atoms with E-state index >= 15 is 0 Å². The fourth-order valence-electron chi connectivity index (χ4n) is 2.47. The van der Waals surface area contributed by atoms with E-state index in [1.165, 1.54) is 18.3 Å². The molecule has 0 aliphatic heterocycles. The van der Waals surface area contributed by atoms with Crippen molar-refractivity contribution in [1.82, 2.24) is 5.43 Å². The van der Waals surface area contributed by atoms with Gasteiger partial charge in [0.1, 0.15) is 18.2 Å². The van der Waals surface area contributed by atoms with Crippen LogP contribution in [0.15, 0.2) is 71.8 Å². The number of rotatable bonds is 6. The SMILES string of the molecule is O=C(N/N=C/c1cccc(OCc2c(F)cccc2Cl)c1)C(=O)Nc1ccccc1Cl. The van der Waals surface area contributed by atoms with Crippen molar-refractivity contribution in [2.45, 2.75) is 6.61 Å². The van der Waals surface area contributed by atoms with Gasteiger partial charge in [0.15, 0.2) is 0 Å². The van der Waals surface area contributed by atoms with Gasteiger partial charge in [0, 0.05) is 5.56 Å². The molecular weight excluding hydrogens is 444 g/mol. The van der Waals surface area contributed by atoms with Crippen LogP contribution in [0.25, 0.3) is 0 Å². The summed E-state index contributed by atoms with van der Waals surface area (Å²) in [4.78, 5) is 23.8. The van der Waals surface area contributed by atoms with Gasteiger partial charge in [-0.2, -0.15) is 5.10 Å². The van der Waals surface area contributed by atoms with Crippen molar-refractivity contribution >= 4 is 46.9 Å². The zero-order valence-electron chi connectivity index (χ0n) is 15.9. The Balaban J connectivity index is 1.56. The topological polar surface area (TPSA) is 79.8 Å². The van der Waals surface area contributed by atoms with Gasteiger partial charge in [-0.05, 0) is 42.0 Å². The van der Waals surface area contributed by atoms with E-state index < -0.39 is 17.6 Å². The van der Waals surface area contributed by atoms with Gasteiger partial charge < -0.3 is 10.1 Å². The number of anilines is 1. The quantitative estimate of drug-likeness (QED) is 0.315. The molecule has 158 valence electrons. The zero-order valence-corrected chi connectivity index (χ0v) is 17.5.